The van der Waals surface area contributed by atoms with E-state index in [1.807, 2.05) is 0 Å². The SMILES string of the molecule is CC(NC(=O)N(C)c1ccc(F)cc1)C(C)C(=O)O. The van der Waals surface area contributed by atoms with Gasteiger partial charge in [-0.15, -0.1) is 0 Å². The van der Waals surface area contributed by atoms with E-state index < -0.39 is 24.0 Å². The summed E-state index contributed by atoms with van der Waals surface area (Å²) in [5, 5.41) is 11.4. The topological polar surface area (TPSA) is 69.6 Å². The lowest BCUT2D eigenvalue weighted by molar-refractivity contribution is -0.141. The zero-order valence-corrected chi connectivity index (χ0v) is 11.1. The maximum Gasteiger partial charge on any atom is 0.321 e. The normalized spacial score (nSPS) is 13.5. The fourth-order valence-corrected chi connectivity index (χ4v) is 1.41. The fraction of sp³-hybridized carbons (Fsp3) is 0.385. The van der Waals surface area contributed by atoms with E-state index in [9.17, 15) is 14.0 Å². The molecule has 5 nitrogen and oxygen atoms in total. The largest absolute Gasteiger partial charge is 0.481 e. The maximum absolute atomic E-state index is 12.8. The Labute approximate surface area is 111 Å². The quantitative estimate of drug-likeness (QED) is 0.878. The fourth-order valence-electron chi connectivity index (χ4n) is 1.41. The number of benzene rings is 1. The number of nitrogens with zero attached hydrogens (tertiary/aromatic N) is 1. The van der Waals surface area contributed by atoms with Crippen LogP contribution < -0.4 is 10.2 Å². The zero-order chi connectivity index (χ0) is 14.6. The molecule has 0 saturated carbocycles. The highest BCUT2D eigenvalue weighted by Crippen LogP contribution is 2.13. The van der Waals surface area contributed by atoms with Crippen molar-refractivity contribution in [1.29, 1.82) is 0 Å². The lowest BCUT2D eigenvalue weighted by Crippen LogP contribution is -2.46. The summed E-state index contributed by atoms with van der Waals surface area (Å²) in [4.78, 5) is 24.0. The van der Waals surface area contributed by atoms with Crippen molar-refractivity contribution >= 4 is 17.7 Å². The zero-order valence-electron chi connectivity index (χ0n) is 11.1. The molecule has 0 fully saturated rings. The number of carbonyl (C=O) groups excluding carboxylic acids is 1. The van der Waals surface area contributed by atoms with E-state index in [1.165, 1.54) is 43.1 Å². The van der Waals surface area contributed by atoms with Crippen LogP contribution in [0, 0.1) is 11.7 Å². The summed E-state index contributed by atoms with van der Waals surface area (Å²) >= 11 is 0. The highest BCUT2D eigenvalue weighted by Gasteiger charge is 2.22. The molecule has 1 rings (SSSR count). The van der Waals surface area contributed by atoms with E-state index in [2.05, 4.69) is 5.32 Å². The van der Waals surface area contributed by atoms with Crippen molar-refractivity contribution in [1.82, 2.24) is 5.32 Å². The summed E-state index contributed by atoms with van der Waals surface area (Å²) in [6.07, 6.45) is 0. The van der Waals surface area contributed by atoms with Crippen LogP contribution in [-0.4, -0.2) is 30.2 Å². The first-order valence-corrected chi connectivity index (χ1v) is 5.85. The first-order chi connectivity index (χ1) is 8.82. The van der Waals surface area contributed by atoms with Crippen LogP contribution in [-0.2, 0) is 4.79 Å². The predicted molar refractivity (Wildman–Crippen MR) is 69.6 cm³/mol. The first kappa shape index (κ1) is 14.9. The molecule has 0 aliphatic carbocycles. The molecule has 2 atom stereocenters. The van der Waals surface area contributed by atoms with Crippen LogP contribution in [0.4, 0.5) is 14.9 Å². The molecule has 1 aromatic carbocycles. The summed E-state index contributed by atoms with van der Waals surface area (Å²) in [6.45, 7) is 3.14. The van der Waals surface area contributed by atoms with Gasteiger partial charge >= 0.3 is 12.0 Å². The minimum atomic E-state index is -0.975. The Kier molecular flexibility index (Phi) is 4.86. The average Bonchev–Trinajstić information content (AvgIpc) is 2.37. The number of carboxylic acid groups (broad SMARTS) is 1. The lowest BCUT2D eigenvalue weighted by atomic mass is 10.0. The molecule has 2 N–H and O–H groups in total. The number of hydrogen-bond acceptors (Lipinski definition) is 2. The Bertz CT molecular complexity index is 461. The van der Waals surface area contributed by atoms with E-state index >= 15 is 0 Å². The van der Waals surface area contributed by atoms with E-state index in [0.717, 1.165) is 0 Å². The van der Waals surface area contributed by atoms with Gasteiger partial charge in [0.05, 0.1) is 5.92 Å². The highest BCUT2D eigenvalue weighted by atomic mass is 19.1. The number of amides is 2. The molecule has 1 aromatic rings. The molecule has 19 heavy (non-hydrogen) atoms. The predicted octanol–water partition coefficient (Wildman–Crippen LogP) is 2.08. The van der Waals surface area contributed by atoms with Gasteiger partial charge in [-0.1, -0.05) is 0 Å². The molecule has 0 saturated heterocycles. The molecule has 0 heterocycles. The second-order valence-corrected chi connectivity index (χ2v) is 4.40. The number of nitrogens with one attached hydrogen (secondary N) is 1. The number of urea groups is 1. The van der Waals surface area contributed by atoms with Crippen LogP contribution in [0.25, 0.3) is 0 Å². The summed E-state index contributed by atoms with van der Waals surface area (Å²) in [5.74, 6) is -2.05. The van der Waals surface area contributed by atoms with Gasteiger partial charge in [-0.3, -0.25) is 9.69 Å². The van der Waals surface area contributed by atoms with Crippen molar-refractivity contribution < 1.29 is 19.1 Å². The third-order valence-electron chi connectivity index (χ3n) is 3.01. The number of anilines is 1. The van der Waals surface area contributed by atoms with Crippen molar-refractivity contribution in [2.75, 3.05) is 11.9 Å². The van der Waals surface area contributed by atoms with Crippen LogP contribution >= 0.6 is 0 Å². The number of rotatable bonds is 4. The van der Waals surface area contributed by atoms with E-state index in [4.69, 9.17) is 5.11 Å². The highest BCUT2D eigenvalue weighted by molar-refractivity contribution is 5.91. The molecule has 6 heteroatoms. The number of carboxylic acids is 1. The van der Waals surface area contributed by atoms with Gasteiger partial charge in [-0.25, -0.2) is 9.18 Å². The molecule has 0 aromatic heterocycles. The van der Waals surface area contributed by atoms with Gasteiger partial charge in [0.15, 0.2) is 0 Å². The number of hydrogen-bond donors (Lipinski definition) is 2. The molecule has 0 aliphatic heterocycles. The molecule has 0 spiro atoms. The van der Waals surface area contributed by atoms with Gasteiger partial charge < -0.3 is 10.4 Å². The first-order valence-electron chi connectivity index (χ1n) is 5.85. The maximum atomic E-state index is 12.8. The Morgan fingerprint density at radius 1 is 1.26 bits per heavy atom. The molecule has 0 bridgehead atoms. The van der Waals surface area contributed by atoms with Gasteiger partial charge in [0.1, 0.15) is 5.82 Å². The van der Waals surface area contributed by atoms with Crippen molar-refractivity contribution in [2.45, 2.75) is 19.9 Å². The summed E-state index contributed by atoms with van der Waals surface area (Å²) in [7, 11) is 1.53. The Morgan fingerprint density at radius 3 is 2.26 bits per heavy atom. The second-order valence-electron chi connectivity index (χ2n) is 4.40. The Morgan fingerprint density at radius 2 is 1.79 bits per heavy atom. The summed E-state index contributed by atoms with van der Waals surface area (Å²) < 4.78 is 12.8. The number of aliphatic carboxylic acids is 1. The lowest BCUT2D eigenvalue weighted by Gasteiger charge is -2.23. The molecule has 0 aliphatic rings. The number of halogens is 1. The molecule has 2 unspecified atom stereocenters. The Hall–Kier alpha value is -2.11. The Balaban J connectivity index is 2.67. The van der Waals surface area contributed by atoms with Crippen molar-refractivity contribution in [3.8, 4) is 0 Å². The van der Waals surface area contributed by atoms with Crippen LogP contribution in [0.5, 0.6) is 0 Å². The van der Waals surface area contributed by atoms with Gasteiger partial charge in [0.2, 0.25) is 0 Å². The summed E-state index contributed by atoms with van der Waals surface area (Å²) in [6, 6.07) is 4.51. The molecule has 0 radical (unpaired) electrons. The van der Waals surface area contributed by atoms with Crippen LogP contribution in [0.1, 0.15) is 13.8 Å². The monoisotopic (exact) mass is 268 g/mol. The van der Waals surface area contributed by atoms with E-state index in [1.54, 1.807) is 6.92 Å². The van der Waals surface area contributed by atoms with Crippen LogP contribution in [0.2, 0.25) is 0 Å². The smallest absolute Gasteiger partial charge is 0.321 e. The van der Waals surface area contributed by atoms with Gasteiger partial charge in [-0.2, -0.15) is 0 Å². The minimum Gasteiger partial charge on any atom is -0.481 e. The van der Waals surface area contributed by atoms with Crippen molar-refractivity contribution in [3.05, 3.63) is 30.1 Å². The minimum absolute atomic E-state index is 0.384. The average molecular weight is 268 g/mol. The third-order valence-corrected chi connectivity index (χ3v) is 3.01. The van der Waals surface area contributed by atoms with Crippen molar-refractivity contribution in [3.63, 3.8) is 0 Å². The number of carbonyl (C=O) groups is 2. The van der Waals surface area contributed by atoms with Crippen LogP contribution in [0.3, 0.4) is 0 Å². The van der Waals surface area contributed by atoms with Crippen LogP contribution in [0.15, 0.2) is 24.3 Å². The van der Waals surface area contributed by atoms with Gasteiger partial charge in [0, 0.05) is 18.8 Å². The van der Waals surface area contributed by atoms with Gasteiger partial charge in [-0.05, 0) is 38.1 Å². The molecule has 2 amide bonds. The van der Waals surface area contributed by atoms with Crippen molar-refractivity contribution in [2.24, 2.45) is 5.92 Å². The third kappa shape index (κ3) is 3.94. The van der Waals surface area contributed by atoms with E-state index in [0.29, 0.717) is 5.69 Å². The van der Waals surface area contributed by atoms with Gasteiger partial charge in [0.25, 0.3) is 0 Å². The summed E-state index contributed by atoms with van der Waals surface area (Å²) in [5.41, 5.74) is 0.522. The van der Waals surface area contributed by atoms with E-state index in [-0.39, 0.29) is 5.82 Å². The standard InChI is InChI=1S/C13H17FN2O3/c1-8(12(17)18)9(2)15-13(19)16(3)11-6-4-10(14)5-7-11/h4-9H,1-3H3,(H,15,19)(H,17,18). The molecular formula is C13H17FN2O3. The molecular weight excluding hydrogens is 251 g/mol. The second kappa shape index (κ2) is 6.17. The molecule has 104 valence electrons.